The molecule has 2 atom stereocenters. The molecular formula is C17H25Cl2N. The Bertz CT molecular complexity index is 427. The van der Waals surface area contributed by atoms with Gasteiger partial charge in [-0.1, -0.05) is 49.4 Å². The zero-order chi connectivity index (χ0) is 14.5. The molecule has 0 spiro atoms. The lowest BCUT2D eigenvalue weighted by molar-refractivity contribution is 0.249. The van der Waals surface area contributed by atoms with Gasteiger partial charge in [0.2, 0.25) is 0 Å². The maximum atomic E-state index is 6.30. The summed E-state index contributed by atoms with van der Waals surface area (Å²) in [5, 5.41) is 5.33. The van der Waals surface area contributed by atoms with Crippen molar-refractivity contribution in [1.29, 1.82) is 0 Å². The highest BCUT2D eigenvalue weighted by Crippen LogP contribution is 2.31. The molecule has 1 aliphatic carbocycles. The number of rotatable bonds is 5. The van der Waals surface area contributed by atoms with Crippen LogP contribution >= 0.6 is 23.2 Å². The smallest absolute Gasteiger partial charge is 0.0454 e. The lowest BCUT2D eigenvalue weighted by atomic mass is 9.82. The van der Waals surface area contributed by atoms with Crippen LogP contribution in [0.25, 0.3) is 0 Å². The Morgan fingerprint density at radius 1 is 1.20 bits per heavy atom. The number of hydrogen-bond acceptors (Lipinski definition) is 1. The van der Waals surface area contributed by atoms with Crippen LogP contribution in [0.4, 0.5) is 0 Å². The lowest BCUT2D eigenvalue weighted by Gasteiger charge is -2.33. The molecule has 0 bridgehead atoms. The second-order valence-electron chi connectivity index (χ2n) is 5.97. The van der Waals surface area contributed by atoms with Crippen molar-refractivity contribution in [2.75, 3.05) is 0 Å². The first-order valence-electron chi connectivity index (χ1n) is 7.82. The van der Waals surface area contributed by atoms with Gasteiger partial charge in [0.25, 0.3) is 0 Å². The van der Waals surface area contributed by atoms with E-state index in [-0.39, 0.29) is 6.04 Å². The number of halogens is 2. The molecule has 1 aromatic carbocycles. The minimum absolute atomic E-state index is 0.244. The van der Waals surface area contributed by atoms with Gasteiger partial charge in [0.1, 0.15) is 0 Å². The van der Waals surface area contributed by atoms with Gasteiger partial charge in [-0.05, 0) is 55.9 Å². The van der Waals surface area contributed by atoms with Crippen LogP contribution in [0.2, 0.25) is 10.0 Å². The van der Waals surface area contributed by atoms with E-state index in [2.05, 4.69) is 19.2 Å². The third-order valence-electron chi connectivity index (χ3n) is 4.55. The highest BCUT2D eigenvalue weighted by Gasteiger charge is 2.24. The Hall–Kier alpha value is -0.240. The van der Waals surface area contributed by atoms with Crippen LogP contribution in [0.15, 0.2) is 18.2 Å². The Labute approximate surface area is 133 Å². The molecule has 1 saturated carbocycles. The van der Waals surface area contributed by atoms with E-state index in [9.17, 15) is 0 Å². The van der Waals surface area contributed by atoms with Crippen molar-refractivity contribution >= 4 is 23.2 Å². The molecule has 20 heavy (non-hydrogen) atoms. The summed E-state index contributed by atoms with van der Waals surface area (Å²) < 4.78 is 0. The predicted octanol–water partition coefficient (Wildman–Crippen LogP) is 6.00. The van der Waals surface area contributed by atoms with E-state index in [0.717, 1.165) is 21.5 Å². The van der Waals surface area contributed by atoms with Crippen LogP contribution in [-0.2, 0) is 0 Å². The van der Waals surface area contributed by atoms with E-state index < -0.39 is 0 Å². The topological polar surface area (TPSA) is 12.0 Å². The second-order valence-corrected chi connectivity index (χ2v) is 6.81. The standard InChI is InChI=1S/C17H25Cl2N/c1-3-17(13-7-5-4-6-8-13)20-12(2)15-11-14(18)9-10-16(15)19/h9-13,17,20H,3-8H2,1-2H3. The van der Waals surface area contributed by atoms with Gasteiger partial charge in [-0.25, -0.2) is 0 Å². The van der Waals surface area contributed by atoms with Crippen LogP contribution in [0.1, 0.15) is 64.0 Å². The van der Waals surface area contributed by atoms with Crippen LogP contribution in [0.5, 0.6) is 0 Å². The highest BCUT2D eigenvalue weighted by molar-refractivity contribution is 6.33. The van der Waals surface area contributed by atoms with E-state index in [1.165, 1.54) is 38.5 Å². The highest BCUT2D eigenvalue weighted by atomic mass is 35.5. The van der Waals surface area contributed by atoms with Gasteiger partial charge in [0.15, 0.2) is 0 Å². The SMILES string of the molecule is CCC(NC(C)c1cc(Cl)ccc1Cl)C1CCCCC1. The molecule has 0 heterocycles. The number of hydrogen-bond donors (Lipinski definition) is 1. The van der Waals surface area contributed by atoms with Gasteiger partial charge in [-0.15, -0.1) is 0 Å². The van der Waals surface area contributed by atoms with Crippen molar-refractivity contribution in [2.24, 2.45) is 5.92 Å². The van der Waals surface area contributed by atoms with Gasteiger partial charge >= 0.3 is 0 Å². The average Bonchev–Trinajstić information content (AvgIpc) is 2.48. The molecule has 0 amide bonds. The summed E-state index contributed by atoms with van der Waals surface area (Å²) in [6.07, 6.45) is 8.07. The minimum Gasteiger partial charge on any atom is -0.307 e. The molecule has 3 heteroatoms. The fraction of sp³-hybridized carbons (Fsp3) is 0.647. The normalized spacial score (nSPS) is 19.8. The summed E-state index contributed by atoms with van der Waals surface area (Å²) in [4.78, 5) is 0. The summed E-state index contributed by atoms with van der Waals surface area (Å²) in [7, 11) is 0. The molecule has 0 aliphatic heterocycles. The molecular weight excluding hydrogens is 289 g/mol. The second kappa shape index (κ2) is 7.68. The van der Waals surface area contributed by atoms with Crippen molar-refractivity contribution in [2.45, 2.75) is 64.5 Å². The lowest BCUT2D eigenvalue weighted by Crippen LogP contribution is -2.38. The van der Waals surface area contributed by atoms with Crippen LogP contribution < -0.4 is 5.32 Å². The molecule has 0 aromatic heterocycles. The van der Waals surface area contributed by atoms with E-state index >= 15 is 0 Å². The van der Waals surface area contributed by atoms with Gasteiger partial charge < -0.3 is 5.32 Å². The first-order chi connectivity index (χ1) is 9.61. The molecule has 1 aliphatic rings. The molecule has 1 nitrogen and oxygen atoms in total. The van der Waals surface area contributed by atoms with Gasteiger partial charge in [-0.2, -0.15) is 0 Å². The first kappa shape index (κ1) is 16.1. The van der Waals surface area contributed by atoms with E-state index in [4.69, 9.17) is 23.2 Å². The molecule has 0 radical (unpaired) electrons. The molecule has 112 valence electrons. The number of benzene rings is 1. The van der Waals surface area contributed by atoms with Crippen molar-refractivity contribution in [3.05, 3.63) is 33.8 Å². The fourth-order valence-corrected chi connectivity index (χ4v) is 3.84. The fourth-order valence-electron chi connectivity index (χ4n) is 3.38. The summed E-state index contributed by atoms with van der Waals surface area (Å²) in [5.74, 6) is 0.814. The van der Waals surface area contributed by atoms with Crippen molar-refractivity contribution in [3.63, 3.8) is 0 Å². The Kier molecular flexibility index (Phi) is 6.20. The summed E-state index contributed by atoms with van der Waals surface area (Å²) in [6, 6.07) is 6.54. The van der Waals surface area contributed by atoms with Crippen molar-refractivity contribution < 1.29 is 0 Å². The van der Waals surface area contributed by atoms with E-state index in [1.807, 2.05) is 18.2 Å². The Morgan fingerprint density at radius 2 is 1.90 bits per heavy atom. The van der Waals surface area contributed by atoms with Crippen LogP contribution in [-0.4, -0.2) is 6.04 Å². The maximum Gasteiger partial charge on any atom is 0.0454 e. The van der Waals surface area contributed by atoms with Crippen LogP contribution in [0.3, 0.4) is 0 Å². The Balaban J connectivity index is 2.04. The third kappa shape index (κ3) is 4.13. The average molecular weight is 314 g/mol. The summed E-state index contributed by atoms with van der Waals surface area (Å²) >= 11 is 12.4. The zero-order valence-electron chi connectivity index (χ0n) is 12.5. The molecule has 1 aromatic rings. The molecule has 0 saturated heterocycles. The molecule has 2 rings (SSSR count). The quantitative estimate of drug-likeness (QED) is 0.702. The minimum atomic E-state index is 0.244. The van der Waals surface area contributed by atoms with Crippen molar-refractivity contribution in [3.8, 4) is 0 Å². The van der Waals surface area contributed by atoms with Gasteiger partial charge in [0.05, 0.1) is 0 Å². The summed E-state index contributed by atoms with van der Waals surface area (Å²) in [5.41, 5.74) is 1.11. The Morgan fingerprint density at radius 3 is 2.55 bits per heavy atom. The van der Waals surface area contributed by atoms with Crippen molar-refractivity contribution in [1.82, 2.24) is 5.32 Å². The van der Waals surface area contributed by atoms with Gasteiger partial charge in [-0.3, -0.25) is 0 Å². The predicted molar refractivity (Wildman–Crippen MR) is 88.7 cm³/mol. The largest absolute Gasteiger partial charge is 0.307 e. The van der Waals surface area contributed by atoms with Gasteiger partial charge in [0, 0.05) is 22.1 Å². The zero-order valence-corrected chi connectivity index (χ0v) is 14.0. The monoisotopic (exact) mass is 313 g/mol. The first-order valence-corrected chi connectivity index (χ1v) is 8.58. The molecule has 1 fully saturated rings. The molecule has 2 unspecified atom stereocenters. The third-order valence-corrected chi connectivity index (χ3v) is 5.13. The molecule has 1 N–H and O–H groups in total. The number of nitrogens with one attached hydrogen (secondary N) is 1. The van der Waals surface area contributed by atoms with E-state index in [0.29, 0.717) is 6.04 Å². The maximum absolute atomic E-state index is 6.30. The summed E-state index contributed by atoms with van der Waals surface area (Å²) in [6.45, 7) is 4.46. The van der Waals surface area contributed by atoms with E-state index in [1.54, 1.807) is 0 Å². The van der Waals surface area contributed by atoms with Crippen LogP contribution in [0, 0.1) is 5.92 Å².